The molecular formula is C13H26. The van der Waals surface area contributed by atoms with Crippen LogP contribution < -0.4 is 0 Å². The highest BCUT2D eigenvalue weighted by Gasteiger charge is 1.77. The van der Waals surface area contributed by atoms with Crippen molar-refractivity contribution in [1.82, 2.24) is 0 Å². The molecule has 0 amide bonds. The predicted octanol–water partition coefficient (Wildman–Crippen LogP) is 4.79. The minimum atomic E-state index is 0.952. The molecule has 0 radical (unpaired) electrons. The first kappa shape index (κ1) is 15.1. The molecule has 0 heterocycles. The van der Waals surface area contributed by atoms with E-state index in [1.807, 2.05) is 0 Å². The SMILES string of the molecule is C#CCCCCC.CCCCCC. The molecule has 0 saturated carbocycles. The van der Waals surface area contributed by atoms with Gasteiger partial charge in [0, 0.05) is 6.42 Å². The zero-order valence-electron chi connectivity index (χ0n) is 9.73. The quantitative estimate of drug-likeness (QED) is 0.409. The molecule has 0 bridgehead atoms. The Kier molecular flexibility index (Phi) is 20.4. The molecule has 78 valence electrons. The summed E-state index contributed by atoms with van der Waals surface area (Å²) < 4.78 is 0. The van der Waals surface area contributed by atoms with Crippen molar-refractivity contribution in [2.24, 2.45) is 0 Å². The van der Waals surface area contributed by atoms with E-state index in [4.69, 9.17) is 6.42 Å². The van der Waals surface area contributed by atoms with E-state index in [2.05, 4.69) is 26.7 Å². The summed E-state index contributed by atoms with van der Waals surface area (Å²) in [5, 5.41) is 0. The van der Waals surface area contributed by atoms with Crippen LogP contribution in [0.4, 0.5) is 0 Å². The second kappa shape index (κ2) is 17.6. The molecular weight excluding hydrogens is 156 g/mol. The van der Waals surface area contributed by atoms with E-state index in [1.54, 1.807) is 0 Å². The summed E-state index contributed by atoms with van der Waals surface area (Å²) >= 11 is 0. The van der Waals surface area contributed by atoms with Gasteiger partial charge in [0.05, 0.1) is 0 Å². The summed E-state index contributed by atoms with van der Waals surface area (Å²) in [6.07, 6.45) is 15.3. The van der Waals surface area contributed by atoms with Gasteiger partial charge < -0.3 is 0 Å². The minimum Gasteiger partial charge on any atom is -0.120 e. The largest absolute Gasteiger partial charge is 0.120 e. The summed E-state index contributed by atoms with van der Waals surface area (Å²) in [5.41, 5.74) is 0. The van der Waals surface area contributed by atoms with Gasteiger partial charge in [-0.15, -0.1) is 12.3 Å². The lowest BCUT2D eigenvalue weighted by molar-refractivity contribution is 0.702. The lowest BCUT2D eigenvalue weighted by Crippen LogP contribution is -1.68. The molecule has 0 aromatic heterocycles. The van der Waals surface area contributed by atoms with Crippen LogP contribution in [0.2, 0.25) is 0 Å². The first-order chi connectivity index (χ1) is 6.33. The number of hydrogen-bond acceptors (Lipinski definition) is 0. The van der Waals surface area contributed by atoms with E-state index in [0.717, 1.165) is 6.42 Å². The third-order valence-electron chi connectivity index (χ3n) is 1.88. The Bertz CT molecular complexity index is 93.1. The van der Waals surface area contributed by atoms with Crippen molar-refractivity contribution in [2.45, 2.75) is 72.1 Å². The lowest BCUT2D eigenvalue weighted by atomic mass is 10.2. The lowest BCUT2D eigenvalue weighted by Gasteiger charge is -1.86. The maximum atomic E-state index is 5.02. The summed E-state index contributed by atoms with van der Waals surface area (Å²) in [5.74, 6) is 2.60. The van der Waals surface area contributed by atoms with E-state index in [1.165, 1.54) is 44.9 Å². The molecule has 0 aliphatic carbocycles. The third kappa shape index (κ3) is 24.6. The molecule has 13 heavy (non-hydrogen) atoms. The van der Waals surface area contributed by atoms with Crippen LogP contribution in [0.15, 0.2) is 0 Å². The average Bonchev–Trinajstić information content (AvgIpc) is 2.17. The van der Waals surface area contributed by atoms with Crippen molar-refractivity contribution < 1.29 is 0 Å². The van der Waals surface area contributed by atoms with Gasteiger partial charge in [-0.3, -0.25) is 0 Å². The second-order valence-corrected chi connectivity index (χ2v) is 3.37. The van der Waals surface area contributed by atoms with Gasteiger partial charge >= 0.3 is 0 Å². The Morgan fingerprint density at radius 3 is 1.46 bits per heavy atom. The average molecular weight is 182 g/mol. The fraction of sp³-hybridized carbons (Fsp3) is 0.846. The molecule has 0 atom stereocenters. The van der Waals surface area contributed by atoms with Crippen molar-refractivity contribution in [3.05, 3.63) is 0 Å². The number of terminal acetylenes is 1. The van der Waals surface area contributed by atoms with Gasteiger partial charge in [0.1, 0.15) is 0 Å². The summed E-state index contributed by atoms with van der Waals surface area (Å²) in [4.78, 5) is 0. The molecule has 0 spiro atoms. The van der Waals surface area contributed by atoms with Crippen LogP contribution in [-0.4, -0.2) is 0 Å². The van der Waals surface area contributed by atoms with Crippen molar-refractivity contribution in [3.8, 4) is 12.3 Å². The van der Waals surface area contributed by atoms with Crippen molar-refractivity contribution in [2.75, 3.05) is 0 Å². The summed E-state index contributed by atoms with van der Waals surface area (Å²) in [6.45, 7) is 6.64. The normalized spacial score (nSPS) is 8.46. The molecule has 0 aromatic rings. The van der Waals surface area contributed by atoms with Crippen LogP contribution in [0.25, 0.3) is 0 Å². The highest BCUT2D eigenvalue weighted by molar-refractivity contribution is 4.82. The second-order valence-electron chi connectivity index (χ2n) is 3.37. The first-order valence-corrected chi connectivity index (χ1v) is 5.76. The van der Waals surface area contributed by atoms with E-state index >= 15 is 0 Å². The molecule has 0 aromatic carbocycles. The van der Waals surface area contributed by atoms with E-state index in [9.17, 15) is 0 Å². The smallest absolute Gasteiger partial charge is 0.00860 e. The van der Waals surface area contributed by atoms with Gasteiger partial charge in [0.15, 0.2) is 0 Å². The topological polar surface area (TPSA) is 0 Å². The van der Waals surface area contributed by atoms with Crippen molar-refractivity contribution in [3.63, 3.8) is 0 Å². The molecule has 0 nitrogen and oxygen atoms in total. The Labute approximate surface area is 85.1 Å². The van der Waals surface area contributed by atoms with Crippen LogP contribution in [-0.2, 0) is 0 Å². The molecule has 0 saturated heterocycles. The van der Waals surface area contributed by atoms with Gasteiger partial charge in [-0.05, 0) is 6.42 Å². The highest BCUT2D eigenvalue weighted by Crippen LogP contribution is 1.96. The molecule has 0 unspecified atom stereocenters. The highest BCUT2D eigenvalue weighted by atomic mass is 13.8. The first-order valence-electron chi connectivity index (χ1n) is 5.76. The molecule has 0 aliphatic rings. The fourth-order valence-corrected chi connectivity index (χ4v) is 0.977. The molecule has 0 N–H and O–H groups in total. The Hall–Kier alpha value is -0.440. The van der Waals surface area contributed by atoms with Gasteiger partial charge in [-0.25, -0.2) is 0 Å². The Morgan fingerprint density at radius 2 is 1.15 bits per heavy atom. The Balaban J connectivity index is 0. The van der Waals surface area contributed by atoms with Gasteiger partial charge in [0.25, 0.3) is 0 Å². The monoisotopic (exact) mass is 182 g/mol. The van der Waals surface area contributed by atoms with Crippen LogP contribution in [0.5, 0.6) is 0 Å². The van der Waals surface area contributed by atoms with Gasteiger partial charge in [-0.2, -0.15) is 0 Å². The molecule has 0 aliphatic heterocycles. The number of rotatable bonds is 6. The maximum Gasteiger partial charge on any atom is 0.00860 e. The number of unbranched alkanes of at least 4 members (excludes halogenated alkanes) is 6. The fourth-order valence-electron chi connectivity index (χ4n) is 0.977. The summed E-state index contributed by atoms with van der Waals surface area (Å²) in [7, 11) is 0. The Morgan fingerprint density at radius 1 is 0.769 bits per heavy atom. The van der Waals surface area contributed by atoms with Crippen LogP contribution >= 0.6 is 0 Å². The third-order valence-corrected chi connectivity index (χ3v) is 1.88. The molecule has 0 rings (SSSR count). The predicted molar refractivity (Wildman–Crippen MR) is 62.8 cm³/mol. The van der Waals surface area contributed by atoms with E-state index in [0.29, 0.717) is 0 Å². The summed E-state index contributed by atoms with van der Waals surface area (Å²) in [6, 6.07) is 0. The maximum absolute atomic E-state index is 5.02. The number of hydrogen-bond donors (Lipinski definition) is 0. The zero-order valence-corrected chi connectivity index (χ0v) is 9.73. The van der Waals surface area contributed by atoms with Crippen LogP contribution in [0.1, 0.15) is 72.1 Å². The van der Waals surface area contributed by atoms with Crippen LogP contribution in [0, 0.1) is 12.3 Å². The molecule has 0 fully saturated rings. The minimum absolute atomic E-state index is 0.952. The zero-order chi connectivity index (χ0) is 10.4. The van der Waals surface area contributed by atoms with Gasteiger partial charge in [0.2, 0.25) is 0 Å². The van der Waals surface area contributed by atoms with Crippen molar-refractivity contribution >= 4 is 0 Å². The van der Waals surface area contributed by atoms with Crippen molar-refractivity contribution in [1.29, 1.82) is 0 Å². The van der Waals surface area contributed by atoms with E-state index in [-0.39, 0.29) is 0 Å². The van der Waals surface area contributed by atoms with Crippen LogP contribution in [0.3, 0.4) is 0 Å². The van der Waals surface area contributed by atoms with Gasteiger partial charge in [-0.1, -0.05) is 59.3 Å². The standard InChI is InChI=1S/C7H12.C6H14/c1-3-5-7-6-4-2;1-3-5-6-4-2/h1H,4-7H2,2H3;3-6H2,1-2H3. The van der Waals surface area contributed by atoms with E-state index < -0.39 is 0 Å². The molecule has 0 heteroatoms.